The molecule has 0 radical (unpaired) electrons. The minimum absolute atomic E-state index is 0.0191. The van der Waals surface area contributed by atoms with E-state index >= 15 is 0 Å². The van der Waals surface area contributed by atoms with E-state index in [9.17, 15) is 14.7 Å². The van der Waals surface area contributed by atoms with Gasteiger partial charge in [-0.3, -0.25) is 9.59 Å². The van der Waals surface area contributed by atoms with Crippen LogP contribution in [0.4, 0.5) is 0 Å². The lowest BCUT2D eigenvalue weighted by molar-refractivity contribution is -0.142. The Balaban J connectivity index is 1.81. The molecule has 3 rings (SSSR count). The van der Waals surface area contributed by atoms with E-state index in [0.29, 0.717) is 36.1 Å². The van der Waals surface area contributed by atoms with Gasteiger partial charge in [-0.1, -0.05) is 13.8 Å². The van der Waals surface area contributed by atoms with Gasteiger partial charge in [0.2, 0.25) is 0 Å². The van der Waals surface area contributed by atoms with Crippen molar-refractivity contribution in [1.82, 2.24) is 4.90 Å². The Kier molecular flexibility index (Phi) is 3.99. The zero-order valence-corrected chi connectivity index (χ0v) is 13.4. The van der Waals surface area contributed by atoms with Crippen molar-refractivity contribution in [2.24, 2.45) is 17.8 Å². The normalized spacial score (nSPS) is 23.9. The van der Waals surface area contributed by atoms with Crippen molar-refractivity contribution in [1.29, 1.82) is 0 Å². The van der Waals surface area contributed by atoms with Crippen LogP contribution in [-0.4, -0.2) is 48.2 Å². The topological polar surface area (TPSA) is 76.1 Å². The molecule has 22 heavy (non-hydrogen) atoms. The van der Waals surface area contributed by atoms with Gasteiger partial charge >= 0.3 is 5.97 Å². The van der Waals surface area contributed by atoms with Gasteiger partial charge in [0, 0.05) is 18.5 Å². The van der Waals surface area contributed by atoms with Crippen LogP contribution in [0, 0.1) is 17.8 Å². The first-order valence-electron chi connectivity index (χ1n) is 7.38. The highest BCUT2D eigenvalue weighted by atomic mass is 32.1. The monoisotopic (exact) mass is 325 g/mol. The fourth-order valence-electron chi connectivity index (χ4n) is 3.09. The van der Waals surface area contributed by atoms with E-state index in [2.05, 4.69) is 0 Å². The van der Waals surface area contributed by atoms with Crippen LogP contribution in [0.3, 0.4) is 0 Å². The van der Waals surface area contributed by atoms with E-state index in [0.717, 1.165) is 0 Å². The van der Waals surface area contributed by atoms with E-state index in [4.69, 9.17) is 9.47 Å². The smallest absolute Gasteiger partial charge is 0.308 e. The van der Waals surface area contributed by atoms with E-state index in [-0.39, 0.29) is 24.3 Å². The van der Waals surface area contributed by atoms with Gasteiger partial charge in [-0.25, -0.2) is 0 Å². The maximum atomic E-state index is 12.7. The molecule has 1 aromatic rings. The van der Waals surface area contributed by atoms with Crippen LogP contribution in [0.25, 0.3) is 0 Å². The lowest BCUT2D eigenvalue weighted by atomic mass is 9.86. The Morgan fingerprint density at radius 1 is 1.32 bits per heavy atom. The number of aliphatic carboxylic acids is 1. The lowest BCUT2D eigenvalue weighted by Gasteiger charge is -2.20. The molecule has 0 unspecified atom stereocenters. The summed E-state index contributed by atoms with van der Waals surface area (Å²) in [5, 5.41) is 11.1. The average Bonchev–Trinajstić information content (AvgIpc) is 3.11. The van der Waals surface area contributed by atoms with Gasteiger partial charge in [-0.15, -0.1) is 11.3 Å². The van der Waals surface area contributed by atoms with Gasteiger partial charge in [0.1, 0.15) is 18.1 Å². The molecule has 0 spiro atoms. The highest BCUT2D eigenvalue weighted by Gasteiger charge is 2.42. The standard InChI is InChI=1S/C15H19NO5S/c1-8(2)9-5-16(6-10(9)15(18)19)14(17)13-12-11(7-22-13)20-3-4-21-12/h7-10H,3-6H2,1-2H3,(H,18,19)/t9-,10+/m0/s1. The number of fused-ring (bicyclic) bond motifs is 1. The van der Waals surface area contributed by atoms with E-state index in [1.54, 1.807) is 10.3 Å². The predicted molar refractivity (Wildman–Crippen MR) is 80.7 cm³/mol. The molecular weight excluding hydrogens is 306 g/mol. The van der Waals surface area contributed by atoms with Gasteiger partial charge in [0.25, 0.3) is 5.91 Å². The molecule has 1 saturated heterocycles. The van der Waals surface area contributed by atoms with Crippen LogP contribution < -0.4 is 9.47 Å². The quantitative estimate of drug-likeness (QED) is 0.919. The lowest BCUT2D eigenvalue weighted by Crippen LogP contribution is -2.30. The zero-order valence-electron chi connectivity index (χ0n) is 12.6. The molecule has 1 fully saturated rings. The molecule has 1 amide bonds. The second kappa shape index (κ2) is 5.79. The van der Waals surface area contributed by atoms with Crippen molar-refractivity contribution in [3.05, 3.63) is 10.3 Å². The number of amides is 1. The fourth-order valence-corrected chi connectivity index (χ4v) is 3.98. The average molecular weight is 325 g/mol. The first-order chi connectivity index (χ1) is 10.5. The molecule has 0 aromatic carbocycles. The van der Waals surface area contributed by atoms with Crippen molar-refractivity contribution < 1.29 is 24.2 Å². The Morgan fingerprint density at radius 3 is 2.68 bits per heavy atom. The summed E-state index contributed by atoms with van der Waals surface area (Å²) in [6.45, 7) is 5.64. The first kappa shape index (κ1) is 15.1. The SMILES string of the molecule is CC(C)[C@@H]1CN(C(=O)c2scc3c2OCCO3)C[C@H]1C(=O)O. The van der Waals surface area contributed by atoms with Crippen molar-refractivity contribution in [2.75, 3.05) is 26.3 Å². The number of hydrogen-bond acceptors (Lipinski definition) is 5. The van der Waals surface area contributed by atoms with Gasteiger partial charge in [-0.05, 0) is 11.8 Å². The zero-order chi connectivity index (χ0) is 15.9. The molecular formula is C15H19NO5S. The van der Waals surface area contributed by atoms with Crippen LogP contribution >= 0.6 is 11.3 Å². The largest absolute Gasteiger partial charge is 0.485 e. The molecule has 1 aromatic heterocycles. The molecule has 0 aliphatic carbocycles. The second-order valence-electron chi connectivity index (χ2n) is 6.02. The summed E-state index contributed by atoms with van der Waals surface area (Å²) < 4.78 is 11.0. The third-order valence-corrected chi connectivity index (χ3v) is 5.25. The summed E-state index contributed by atoms with van der Waals surface area (Å²) in [4.78, 5) is 26.3. The van der Waals surface area contributed by atoms with Crippen LogP contribution in [0.15, 0.2) is 5.38 Å². The molecule has 0 bridgehead atoms. The fraction of sp³-hybridized carbons (Fsp3) is 0.600. The van der Waals surface area contributed by atoms with Crippen molar-refractivity contribution in [3.8, 4) is 11.5 Å². The molecule has 2 aliphatic rings. The molecule has 6 nitrogen and oxygen atoms in total. The molecule has 1 N–H and O–H groups in total. The van der Waals surface area contributed by atoms with E-state index in [1.165, 1.54) is 11.3 Å². The van der Waals surface area contributed by atoms with E-state index < -0.39 is 11.9 Å². The number of likely N-dealkylation sites (tertiary alicyclic amines) is 1. The summed E-state index contributed by atoms with van der Waals surface area (Å²) in [7, 11) is 0. The number of rotatable bonds is 3. The number of nitrogens with zero attached hydrogens (tertiary/aromatic N) is 1. The number of carbonyl (C=O) groups is 2. The van der Waals surface area contributed by atoms with Crippen LogP contribution in [0.5, 0.6) is 11.5 Å². The van der Waals surface area contributed by atoms with Crippen molar-refractivity contribution in [3.63, 3.8) is 0 Å². The van der Waals surface area contributed by atoms with Gasteiger partial charge in [-0.2, -0.15) is 0 Å². The number of carbonyl (C=O) groups excluding carboxylic acids is 1. The van der Waals surface area contributed by atoms with Crippen LogP contribution in [0.1, 0.15) is 23.5 Å². The van der Waals surface area contributed by atoms with Gasteiger partial charge in [0.05, 0.1) is 5.92 Å². The first-order valence-corrected chi connectivity index (χ1v) is 8.26. The number of carboxylic acids is 1. The van der Waals surface area contributed by atoms with Crippen LogP contribution in [-0.2, 0) is 4.79 Å². The number of hydrogen-bond donors (Lipinski definition) is 1. The number of ether oxygens (including phenoxy) is 2. The summed E-state index contributed by atoms with van der Waals surface area (Å²) >= 11 is 1.29. The molecule has 2 aliphatic heterocycles. The summed E-state index contributed by atoms with van der Waals surface area (Å²) in [6.07, 6.45) is 0. The Hall–Kier alpha value is -1.76. The summed E-state index contributed by atoms with van der Waals surface area (Å²) in [6, 6.07) is 0. The predicted octanol–water partition coefficient (Wildman–Crippen LogP) is 1.95. The van der Waals surface area contributed by atoms with Crippen molar-refractivity contribution >= 4 is 23.2 Å². The third kappa shape index (κ3) is 2.54. The third-order valence-electron chi connectivity index (χ3n) is 4.32. The minimum atomic E-state index is -0.832. The highest BCUT2D eigenvalue weighted by Crippen LogP contribution is 2.41. The Morgan fingerprint density at radius 2 is 2.05 bits per heavy atom. The number of carboxylic acid groups (broad SMARTS) is 1. The van der Waals surface area contributed by atoms with Gasteiger partial charge in [0.15, 0.2) is 11.5 Å². The van der Waals surface area contributed by atoms with Crippen LogP contribution in [0.2, 0.25) is 0 Å². The highest BCUT2D eigenvalue weighted by molar-refractivity contribution is 7.12. The molecule has 7 heteroatoms. The summed E-state index contributed by atoms with van der Waals surface area (Å²) in [5.74, 6) is -0.190. The molecule has 0 saturated carbocycles. The maximum absolute atomic E-state index is 12.7. The molecule has 3 heterocycles. The van der Waals surface area contributed by atoms with E-state index in [1.807, 2.05) is 13.8 Å². The second-order valence-corrected chi connectivity index (χ2v) is 6.90. The van der Waals surface area contributed by atoms with Crippen molar-refractivity contribution in [2.45, 2.75) is 13.8 Å². The Bertz CT molecular complexity index is 597. The minimum Gasteiger partial charge on any atom is -0.485 e. The summed E-state index contributed by atoms with van der Waals surface area (Å²) in [5.41, 5.74) is 0. The Labute approximate surface area is 132 Å². The molecule has 120 valence electrons. The molecule has 2 atom stereocenters. The maximum Gasteiger partial charge on any atom is 0.308 e. The van der Waals surface area contributed by atoms with Gasteiger partial charge < -0.3 is 19.5 Å². The number of thiophene rings is 1.